The van der Waals surface area contributed by atoms with Crippen LogP contribution in [0.4, 0.5) is 5.82 Å². The first-order valence-electron chi connectivity index (χ1n) is 2.57. The molecule has 0 aliphatic carbocycles. The maximum absolute atomic E-state index is 10.3. The average Bonchev–Trinajstić information content (AvgIpc) is 2.10. The van der Waals surface area contributed by atoms with E-state index in [1.807, 2.05) is 0 Å². The number of hydrogen-bond acceptors (Lipinski definition) is 4. The van der Waals surface area contributed by atoms with E-state index in [0.29, 0.717) is 5.01 Å². The summed E-state index contributed by atoms with van der Waals surface area (Å²) in [4.78, 5) is 14.2. The minimum absolute atomic E-state index is 0.106. The fourth-order valence-electron chi connectivity index (χ4n) is 0.596. The normalized spacial score (nSPS) is 9.70. The Bertz CT molecular complexity index is 269. The molecular formula is C5H6N2O2S. The molecule has 0 spiro atoms. The molecule has 4 nitrogen and oxygen atoms in total. The molecule has 0 bridgehead atoms. The smallest absolute Gasteiger partial charge is 0.349 e. The van der Waals surface area contributed by atoms with Crippen LogP contribution in [0.1, 0.15) is 14.7 Å². The molecule has 0 saturated heterocycles. The van der Waals surface area contributed by atoms with Gasteiger partial charge in [0.05, 0.1) is 5.01 Å². The number of carbonyl (C=O) groups is 1. The van der Waals surface area contributed by atoms with Gasteiger partial charge in [0, 0.05) is 0 Å². The summed E-state index contributed by atoms with van der Waals surface area (Å²) < 4.78 is 0. The standard InChI is InChI=1S/C5H6N2O2S/c1-2-7-4(6)3(10-2)5(8)9/h6H2,1H3,(H,8,9). The fourth-order valence-corrected chi connectivity index (χ4v) is 1.27. The Morgan fingerprint density at radius 2 is 2.40 bits per heavy atom. The molecule has 0 amide bonds. The molecule has 0 atom stereocenters. The van der Waals surface area contributed by atoms with Gasteiger partial charge in [-0.3, -0.25) is 0 Å². The number of nitrogens with zero attached hydrogens (tertiary/aromatic N) is 1. The monoisotopic (exact) mass is 158 g/mol. The summed E-state index contributed by atoms with van der Waals surface area (Å²) >= 11 is 1.09. The zero-order chi connectivity index (χ0) is 7.72. The molecule has 1 rings (SSSR count). The first-order valence-corrected chi connectivity index (χ1v) is 3.39. The van der Waals surface area contributed by atoms with Crippen LogP contribution in [0.3, 0.4) is 0 Å². The van der Waals surface area contributed by atoms with Crippen LogP contribution in [0.15, 0.2) is 0 Å². The van der Waals surface area contributed by atoms with Crippen molar-refractivity contribution in [3.8, 4) is 0 Å². The van der Waals surface area contributed by atoms with Gasteiger partial charge >= 0.3 is 5.97 Å². The van der Waals surface area contributed by atoms with Crippen molar-refractivity contribution in [1.29, 1.82) is 0 Å². The highest BCUT2D eigenvalue weighted by Crippen LogP contribution is 2.18. The zero-order valence-electron chi connectivity index (χ0n) is 5.29. The van der Waals surface area contributed by atoms with Gasteiger partial charge in [-0.1, -0.05) is 0 Å². The topological polar surface area (TPSA) is 76.2 Å². The molecule has 1 aromatic rings. The van der Waals surface area contributed by atoms with E-state index in [9.17, 15) is 4.79 Å². The zero-order valence-corrected chi connectivity index (χ0v) is 6.10. The summed E-state index contributed by atoms with van der Waals surface area (Å²) in [5.41, 5.74) is 5.26. The summed E-state index contributed by atoms with van der Waals surface area (Å²) in [5.74, 6) is -0.905. The van der Waals surface area contributed by atoms with Gasteiger partial charge in [0.15, 0.2) is 4.88 Å². The molecule has 1 aromatic heterocycles. The van der Waals surface area contributed by atoms with Crippen LogP contribution in [0.25, 0.3) is 0 Å². The van der Waals surface area contributed by atoms with Crippen molar-refractivity contribution in [3.63, 3.8) is 0 Å². The highest BCUT2D eigenvalue weighted by atomic mass is 32.1. The fraction of sp³-hybridized carbons (Fsp3) is 0.200. The number of hydrogen-bond donors (Lipinski definition) is 2. The molecule has 0 aromatic carbocycles. The van der Waals surface area contributed by atoms with Gasteiger partial charge in [-0.2, -0.15) is 0 Å². The van der Waals surface area contributed by atoms with Crippen molar-refractivity contribution in [1.82, 2.24) is 4.98 Å². The first-order chi connectivity index (χ1) is 4.61. The number of carboxylic acids is 1. The Hall–Kier alpha value is -1.10. The molecule has 0 fully saturated rings. The molecule has 5 heteroatoms. The molecule has 54 valence electrons. The van der Waals surface area contributed by atoms with Crippen molar-refractivity contribution < 1.29 is 9.90 Å². The summed E-state index contributed by atoms with van der Waals surface area (Å²) in [6.07, 6.45) is 0. The van der Waals surface area contributed by atoms with Crippen molar-refractivity contribution in [2.75, 3.05) is 5.73 Å². The molecule has 0 radical (unpaired) electrons. The quantitative estimate of drug-likeness (QED) is 0.631. The molecule has 0 unspecified atom stereocenters. The summed E-state index contributed by atoms with van der Waals surface area (Å²) in [6.45, 7) is 1.72. The van der Waals surface area contributed by atoms with Crippen LogP contribution >= 0.6 is 11.3 Å². The van der Waals surface area contributed by atoms with Gasteiger partial charge in [-0.05, 0) is 6.92 Å². The van der Waals surface area contributed by atoms with Gasteiger partial charge in [-0.25, -0.2) is 9.78 Å². The van der Waals surface area contributed by atoms with Crippen LogP contribution in [0, 0.1) is 6.92 Å². The number of aryl methyl sites for hydroxylation is 1. The Labute approximate surface area is 61.3 Å². The maximum atomic E-state index is 10.3. The lowest BCUT2D eigenvalue weighted by molar-refractivity contribution is 0.0703. The molecule has 3 N–H and O–H groups in total. The molecular weight excluding hydrogens is 152 g/mol. The van der Waals surface area contributed by atoms with Crippen molar-refractivity contribution in [2.45, 2.75) is 6.92 Å². The minimum atomic E-state index is -1.01. The third kappa shape index (κ3) is 1.08. The van der Waals surface area contributed by atoms with Crippen molar-refractivity contribution >= 4 is 23.1 Å². The molecule has 0 aliphatic rings. The number of rotatable bonds is 1. The van der Waals surface area contributed by atoms with Gasteiger partial charge in [-0.15, -0.1) is 11.3 Å². The minimum Gasteiger partial charge on any atom is -0.477 e. The number of carboxylic acid groups (broad SMARTS) is 1. The highest BCUT2D eigenvalue weighted by Gasteiger charge is 2.11. The van der Waals surface area contributed by atoms with Crippen LogP contribution in [0.2, 0.25) is 0 Å². The average molecular weight is 158 g/mol. The Balaban J connectivity index is 3.15. The van der Waals surface area contributed by atoms with E-state index in [-0.39, 0.29) is 10.7 Å². The van der Waals surface area contributed by atoms with Gasteiger partial charge in [0.25, 0.3) is 0 Å². The van der Waals surface area contributed by atoms with Crippen LogP contribution in [-0.4, -0.2) is 16.1 Å². The second-order valence-corrected chi connectivity index (χ2v) is 2.96. The van der Waals surface area contributed by atoms with Gasteiger partial charge in [0.2, 0.25) is 0 Å². The molecule has 1 heterocycles. The lowest BCUT2D eigenvalue weighted by Gasteiger charge is -1.84. The number of aromatic carboxylic acids is 1. The van der Waals surface area contributed by atoms with E-state index in [2.05, 4.69) is 4.98 Å². The van der Waals surface area contributed by atoms with Crippen molar-refractivity contribution in [3.05, 3.63) is 9.88 Å². The number of nitrogen functional groups attached to an aromatic ring is 1. The van der Waals surface area contributed by atoms with Crippen molar-refractivity contribution in [2.24, 2.45) is 0 Å². The van der Waals surface area contributed by atoms with Crippen LogP contribution in [0.5, 0.6) is 0 Å². The SMILES string of the molecule is Cc1nc(N)c(C(=O)O)s1. The number of nitrogens with two attached hydrogens (primary N) is 1. The van der Waals surface area contributed by atoms with Gasteiger partial charge < -0.3 is 10.8 Å². The number of thiazole rings is 1. The highest BCUT2D eigenvalue weighted by molar-refractivity contribution is 7.14. The predicted molar refractivity (Wildman–Crippen MR) is 38.2 cm³/mol. The lowest BCUT2D eigenvalue weighted by atomic mass is 10.5. The lowest BCUT2D eigenvalue weighted by Crippen LogP contribution is -1.97. The number of aromatic nitrogens is 1. The second kappa shape index (κ2) is 2.26. The van der Waals surface area contributed by atoms with E-state index in [0.717, 1.165) is 11.3 Å². The van der Waals surface area contributed by atoms with E-state index in [1.165, 1.54) is 0 Å². The van der Waals surface area contributed by atoms with E-state index in [4.69, 9.17) is 10.8 Å². The van der Waals surface area contributed by atoms with E-state index >= 15 is 0 Å². The van der Waals surface area contributed by atoms with E-state index in [1.54, 1.807) is 6.92 Å². The maximum Gasteiger partial charge on any atom is 0.349 e. The van der Waals surface area contributed by atoms with Gasteiger partial charge in [0.1, 0.15) is 5.82 Å². The second-order valence-electron chi connectivity index (χ2n) is 1.75. The molecule has 0 aliphatic heterocycles. The molecule has 0 saturated carbocycles. The molecule has 10 heavy (non-hydrogen) atoms. The summed E-state index contributed by atoms with van der Waals surface area (Å²) in [7, 11) is 0. The third-order valence-electron chi connectivity index (χ3n) is 0.955. The summed E-state index contributed by atoms with van der Waals surface area (Å²) in [6, 6.07) is 0. The Kier molecular flexibility index (Phi) is 1.58. The first kappa shape index (κ1) is 7.01. The summed E-state index contributed by atoms with van der Waals surface area (Å²) in [5, 5.41) is 9.15. The number of anilines is 1. The van der Waals surface area contributed by atoms with Crippen LogP contribution < -0.4 is 5.73 Å². The Morgan fingerprint density at radius 3 is 2.60 bits per heavy atom. The van der Waals surface area contributed by atoms with Crippen LogP contribution in [-0.2, 0) is 0 Å². The Morgan fingerprint density at radius 1 is 1.80 bits per heavy atom. The van der Waals surface area contributed by atoms with E-state index < -0.39 is 5.97 Å². The third-order valence-corrected chi connectivity index (χ3v) is 1.93. The largest absolute Gasteiger partial charge is 0.477 e. The predicted octanol–water partition coefficient (Wildman–Crippen LogP) is 0.732.